The third kappa shape index (κ3) is 6.36. The maximum Gasteiger partial charge on any atom is 0.335 e. The van der Waals surface area contributed by atoms with Crippen LogP contribution < -0.4 is 14.2 Å². The summed E-state index contributed by atoms with van der Waals surface area (Å²) >= 11 is 0. The molecule has 6 nitrogen and oxygen atoms in total. The summed E-state index contributed by atoms with van der Waals surface area (Å²) in [5, 5.41) is 0. The molecule has 0 aliphatic heterocycles. The first-order chi connectivity index (χ1) is 14.0. The Morgan fingerprint density at radius 1 is 0.828 bits per heavy atom. The highest BCUT2D eigenvalue weighted by molar-refractivity contribution is 7.53. The van der Waals surface area contributed by atoms with Crippen LogP contribution in [0.2, 0.25) is 0 Å². The maximum absolute atomic E-state index is 12.7. The molecule has 0 saturated carbocycles. The molecule has 0 atom stereocenters. The summed E-state index contributed by atoms with van der Waals surface area (Å²) in [6, 6.07) is 11.4. The van der Waals surface area contributed by atoms with E-state index in [1.165, 1.54) is 0 Å². The molecule has 2 rings (SSSR count). The molecule has 0 aromatic heterocycles. The lowest BCUT2D eigenvalue weighted by Gasteiger charge is -2.17. The number of rotatable bonds is 11. The highest BCUT2D eigenvalue weighted by Gasteiger charge is 2.23. The lowest BCUT2D eigenvalue weighted by Crippen LogP contribution is -1.99. The van der Waals surface area contributed by atoms with E-state index in [4.69, 9.17) is 23.3 Å². The van der Waals surface area contributed by atoms with E-state index < -0.39 is 7.60 Å². The minimum atomic E-state index is -3.11. The summed E-state index contributed by atoms with van der Waals surface area (Å²) in [6.07, 6.45) is 4.14. The Kier molecular flexibility index (Phi) is 8.77. The molecule has 0 saturated heterocycles. The van der Waals surface area contributed by atoms with Gasteiger partial charge in [-0.1, -0.05) is 30.3 Å². The van der Waals surface area contributed by atoms with Gasteiger partial charge in [-0.15, -0.1) is 0 Å². The van der Waals surface area contributed by atoms with E-state index in [1.54, 1.807) is 35.2 Å². The molecule has 29 heavy (non-hydrogen) atoms. The SMILES string of the molecule is CCOP(=O)(Cc1ccc(/C=C/c2c(OC)cc(OC)cc2OC)cc1)OCC. The minimum Gasteiger partial charge on any atom is -0.496 e. The monoisotopic (exact) mass is 420 g/mol. The zero-order chi connectivity index (χ0) is 21.3. The van der Waals surface area contributed by atoms with Crippen LogP contribution in [0, 0.1) is 0 Å². The number of ether oxygens (including phenoxy) is 3. The summed E-state index contributed by atoms with van der Waals surface area (Å²) in [5.74, 6) is 1.97. The average Bonchev–Trinajstić information content (AvgIpc) is 2.72. The van der Waals surface area contributed by atoms with Crippen molar-refractivity contribution in [3.05, 3.63) is 53.1 Å². The molecule has 0 radical (unpaired) electrons. The molecule has 2 aromatic carbocycles. The lowest BCUT2D eigenvalue weighted by atomic mass is 10.1. The van der Waals surface area contributed by atoms with Crippen molar-refractivity contribution in [2.75, 3.05) is 34.5 Å². The third-order valence-electron chi connectivity index (χ3n) is 4.20. The van der Waals surface area contributed by atoms with Crippen LogP contribution in [0.15, 0.2) is 36.4 Å². The van der Waals surface area contributed by atoms with Crippen molar-refractivity contribution in [1.29, 1.82) is 0 Å². The van der Waals surface area contributed by atoms with Crippen LogP contribution in [0.1, 0.15) is 30.5 Å². The normalized spacial score (nSPS) is 11.6. The molecule has 0 spiro atoms. The van der Waals surface area contributed by atoms with Crippen molar-refractivity contribution in [2.45, 2.75) is 20.0 Å². The van der Waals surface area contributed by atoms with Gasteiger partial charge < -0.3 is 23.3 Å². The van der Waals surface area contributed by atoms with Gasteiger partial charge in [-0.2, -0.15) is 0 Å². The van der Waals surface area contributed by atoms with Crippen molar-refractivity contribution < 1.29 is 27.8 Å². The molecule has 0 bridgehead atoms. The number of benzene rings is 2. The fraction of sp³-hybridized carbons (Fsp3) is 0.364. The van der Waals surface area contributed by atoms with Crippen molar-refractivity contribution in [2.24, 2.45) is 0 Å². The van der Waals surface area contributed by atoms with Gasteiger partial charge in [0.25, 0.3) is 0 Å². The van der Waals surface area contributed by atoms with E-state index in [9.17, 15) is 4.57 Å². The van der Waals surface area contributed by atoms with E-state index in [2.05, 4.69) is 0 Å². The topological polar surface area (TPSA) is 63.2 Å². The molecule has 0 N–H and O–H groups in total. The second kappa shape index (κ2) is 11.1. The van der Waals surface area contributed by atoms with Gasteiger partial charge >= 0.3 is 7.60 Å². The van der Waals surface area contributed by atoms with Crippen LogP contribution in [-0.2, 0) is 19.8 Å². The standard InChI is InChI=1S/C22H29O6P/c1-6-27-29(23,28-7-2)16-18-10-8-17(9-11-18)12-13-20-21(25-4)14-19(24-3)15-22(20)26-5/h8-15H,6-7,16H2,1-5H3/b13-12+. The van der Waals surface area contributed by atoms with Gasteiger partial charge in [0.05, 0.1) is 46.3 Å². The summed E-state index contributed by atoms with van der Waals surface area (Å²) in [4.78, 5) is 0. The van der Waals surface area contributed by atoms with Crippen LogP contribution in [-0.4, -0.2) is 34.5 Å². The third-order valence-corrected chi connectivity index (χ3v) is 6.26. The molecule has 158 valence electrons. The number of hydrogen-bond acceptors (Lipinski definition) is 6. The predicted molar refractivity (Wildman–Crippen MR) is 116 cm³/mol. The largest absolute Gasteiger partial charge is 0.496 e. The molecule has 0 amide bonds. The summed E-state index contributed by atoms with van der Waals surface area (Å²) in [7, 11) is 1.70. The Labute approximate surface area is 172 Å². The Morgan fingerprint density at radius 3 is 1.83 bits per heavy atom. The maximum atomic E-state index is 12.7. The molecular weight excluding hydrogens is 391 g/mol. The molecule has 0 fully saturated rings. The van der Waals surface area contributed by atoms with Crippen molar-refractivity contribution in [1.82, 2.24) is 0 Å². The smallest absolute Gasteiger partial charge is 0.335 e. The van der Waals surface area contributed by atoms with Crippen LogP contribution in [0.4, 0.5) is 0 Å². The quantitative estimate of drug-likeness (QED) is 0.346. The van der Waals surface area contributed by atoms with Gasteiger partial charge in [0, 0.05) is 12.1 Å². The van der Waals surface area contributed by atoms with Crippen LogP contribution >= 0.6 is 7.60 Å². The van der Waals surface area contributed by atoms with Gasteiger partial charge in [0.2, 0.25) is 0 Å². The van der Waals surface area contributed by atoms with E-state index in [1.807, 2.05) is 48.6 Å². The van der Waals surface area contributed by atoms with Crippen LogP contribution in [0.25, 0.3) is 12.2 Å². The molecular formula is C22H29O6P. The number of hydrogen-bond donors (Lipinski definition) is 0. The Hall–Kier alpha value is -2.27. The molecule has 7 heteroatoms. The summed E-state index contributed by atoms with van der Waals surface area (Å²) in [6.45, 7) is 4.32. The first-order valence-electron chi connectivity index (χ1n) is 9.43. The fourth-order valence-corrected chi connectivity index (χ4v) is 4.56. The molecule has 0 unspecified atom stereocenters. The van der Waals surface area contributed by atoms with E-state index in [0.717, 1.165) is 16.7 Å². The lowest BCUT2D eigenvalue weighted by molar-refractivity contribution is 0.219. The number of methoxy groups -OCH3 is 3. The second-order valence-corrected chi connectivity index (χ2v) is 8.18. The van der Waals surface area contributed by atoms with Gasteiger partial charge in [0.1, 0.15) is 17.2 Å². The van der Waals surface area contributed by atoms with Crippen LogP contribution in [0.3, 0.4) is 0 Å². The Bertz CT molecular complexity index is 825. The molecule has 0 heterocycles. The summed E-state index contributed by atoms with van der Waals surface area (Å²) < 4.78 is 39.6. The van der Waals surface area contributed by atoms with Gasteiger partial charge in [-0.05, 0) is 31.1 Å². The van der Waals surface area contributed by atoms with E-state index in [-0.39, 0.29) is 6.16 Å². The van der Waals surface area contributed by atoms with Gasteiger partial charge in [0.15, 0.2) is 0 Å². The first kappa shape index (κ1) is 23.0. The fourth-order valence-electron chi connectivity index (χ4n) is 2.86. The minimum absolute atomic E-state index is 0.249. The zero-order valence-corrected chi connectivity index (χ0v) is 18.5. The Balaban J connectivity index is 2.21. The highest BCUT2D eigenvalue weighted by atomic mass is 31.2. The molecule has 0 aliphatic carbocycles. The second-order valence-electron chi connectivity index (χ2n) is 6.13. The molecule has 2 aromatic rings. The Morgan fingerprint density at radius 2 is 1.38 bits per heavy atom. The van der Waals surface area contributed by atoms with Crippen molar-refractivity contribution in [3.8, 4) is 17.2 Å². The summed E-state index contributed by atoms with van der Waals surface area (Å²) in [5.41, 5.74) is 2.69. The zero-order valence-electron chi connectivity index (χ0n) is 17.6. The van der Waals surface area contributed by atoms with Crippen molar-refractivity contribution in [3.63, 3.8) is 0 Å². The van der Waals surface area contributed by atoms with E-state index >= 15 is 0 Å². The van der Waals surface area contributed by atoms with Gasteiger partial charge in [-0.25, -0.2) is 0 Å². The average molecular weight is 420 g/mol. The van der Waals surface area contributed by atoms with E-state index in [0.29, 0.717) is 30.5 Å². The van der Waals surface area contributed by atoms with Crippen molar-refractivity contribution >= 4 is 19.7 Å². The molecule has 0 aliphatic rings. The van der Waals surface area contributed by atoms with Crippen LogP contribution in [0.5, 0.6) is 17.2 Å². The predicted octanol–water partition coefficient (Wildman–Crippen LogP) is 5.65. The van der Waals surface area contributed by atoms with Gasteiger partial charge in [-0.3, -0.25) is 4.57 Å². The first-order valence-corrected chi connectivity index (χ1v) is 11.2. The highest BCUT2D eigenvalue weighted by Crippen LogP contribution is 2.51.